The van der Waals surface area contributed by atoms with Crippen molar-refractivity contribution in [1.29, 1.82) is 0 Å². The van der Waals surface area contributed by atoms with Gasteiger partial charge in [0.1, 0.15) is 11.6 Å². The molecule has 0 bridgehead atoms. The maximum absolute atomic E-state index is 13.5. The first-order valence-electron chi connectivity index (χ1n) is 9.16. The number of phenols is 1. The maximum atomic E-state index is 13.5. The third-order valence-electron chi connectivity index (χ3n) is 5.57. The van der Waals surface area contributed by atoms with Crippen LogP contribution in [0.15, 0.2) is 42.5 Å². The molecular formula is C22H24FNO3. The van der Waals surface area contributed by atoms with Gasteiger partial charge in [-0.2, -0.15) is 0 Å². The van der Waals surface area contributed by atoms with Gasteiger partial charge < -0.3 is 19.5 Å². The monoisotopic (exact) mass is 369 g/mol. The summed E-state index contributed by atoms with van der Waals surface area (Å²) in [5.41, 5.74) is 2.54. The molecule has 0 fully saturated rings. The highest BCUT2D eigenvalue weighted by molar-refractivity contribution is 5.94. The molecule has 142 valence electrons. The van der Waals surface area contributed by atoms with Crippen LogP contribution in [-0.4, -0.2) is 28.0 Å². The van der Waals surface area contributed by atoms with Crippen LogP contribution in [0.25, 0.3) is 16.6 Å². The first-order valence-corrected chi connectivity index (χ1v) is 9.16. The number of hydrogen-bond acceptors (Lipinski definition) is 3. The number of rotatable bonds is 3. The Morgan fingerprint density at radius 3 is 2.48 bits per heavy atom. The van der Waals surface area contributed by atoms with Crippen molar-refractivity contribution < 1.29 is 19.3 Å². The van der Waals surface area contributed by atoms with Gasteiger partial charge in [0.25, 0.3) is 0 Å². The van der Waals surface area contributed by atoms with Gasteiger partial charge in [-0.3, -0.25) is 0 Å². The van der Waals surface area contributed by atoms with E-state index >= 15 is 0 Å². The number of aliphatic hydroxyl groups is 1. The minimum atomic E-state index is -0.720. The van der Waals surface area contributed by atoms with Crippen LogP contribution in [0.5, 0.6) is 5.75 Å². The number of fused-ring (bicyclic) bond motifs is 3. The highest BCUT2D eigenvalue weighted by Gasteiger charge is 2.45. The molecule has 1 atom stereocenters. The van der Waals surface area contributed by atoms with E-state index in [1.807, 2.05) is 13.0 Å². The Kier molecular flexibility index (Phi) is 4.05. The van der Waals surface area contributed by atoms with Crippen LogP contribution >= 0.6 is 0 Å². The average Bonchev–Trinajstić information content (AvgIpc) is 2.99. The number of ether oxygens (including phenoxy) is 1. The van der Waals surface area contributed by atoms with Gasteiger partial charge in [-0.1, -0.05) is 19.9 Å². The van der Waals surface area contributed by atoms with E-state index in [1.54, 1.807) is 24.3 Å². The topological polar surface area (TPSA) is 54.6 Å². The lowest BCUT2D eigenvalue weighted by Gasteiger charge is -2.42. The van der Waals surface area contributed by atoms with Crippen molar-refractivity contribution in [1.82, 2.24) is 4.57 Å². The standard InChI is InChI=1S/C22H24FNO3/c1-21(2)13-27-22(3,11-12-25)19-18-16(5-4-6-17(18)26)24(20(19)21)15-9-7-14(23)8-10-15/h4-10,25-26H,11-13H2,1-3H3/t22-/m1/s1. The Hall–Kier alpha value is -2.37. The number of aromatic hydroxyl groups is 1. The molecule has 1 aliphatic rings. The summed E-state index contributed by atoms with van der Waals surface area (Å²) in [6.07, 6.45) is 0.424. The summed E-state index contributed by atoms with van der Waals surface area (Å²) in [6, 6.07) is 11.8. The van der Waals surface area contributed by atoms with Crippen molar-refractivity contribution in [2.24, 2.45) is 0 Å². The van der Waals surface area contributed by atoms with E-state index in [9.17, 15) is 14.6 Å². The fourth-order valence-electron chi connectivity index (χ4n) is 4.23. The quantitative estimate of drug-likeness (QED) is 0.720. The molecule has 0 unspecified atom stereocenters. The van der Waals surface area contributed by atoms with Crippen molar-refractivity contribution in [3.8, 4) is 11.4 Å². The van der Waals surface area contributed by atoms with Gasteiger partial charge in [0.2, 0.25) is 0 Å². The zero-order valence-electron chi connectivity index (χ0n) is 15.8. The lowest BCUT2D eigenvalue weighted by Crippen LogP contribution is -2.42. The number of benzene rings is 2. The predicted molar refractivity (Wildman–Crippen MR) is 103 cm³/mol. The van der Waals surface area contributed by atoms with Crippen molar-refractivity contribution >= 4 is 10.9 Å². The number of phenolic OH excluding ortho intramolecular Hbond substituents is 1. The fourth-order valence-corrected chi connectivity index (χ4v) is 4.23. The zero-order valence-corrected chi connectivity index (χ0v) is 15.8. The highest BCUT2D eigenvalue weighted by Crippen LogP contribution is 2.50. The van der Waals surface area contributed by atoms with Crippen LogP contribution in [0.1, 0.15) is 38.4 Å². The Balaban J connectivity index is 2.17. The summed E-state index contributed by atoms with van der Waals surface area (Å²) in [6.45, 7) is 6.61. The second-order valence-electron chi connectivity index (χ2n) is 8.08. The Labute approximate surface area is 157 Å². The fraction of sp³-hybridized carbons (Fsp3) is 0.364. The Bertz CT molecular complexity index is 1010. The van der Waals surface area contributed by atoms with Gasteiger partial charge >= 0.3 is 0 Å². The van der Waals surface area contributed by atoms with Gasteiger partial charge in [0, 0.05) is 40.8 Å². The Morgan fingerprint density at radius 1 is 1.11 bits per heavy atom. The van der Waals surface area contributed by atoms with Gasteiger partial charge in [-0.15, -0.1) is 0 Å². The van der Waals surface area contributed by atoms with Gasteiger partial charge in [-0.25, -0.2) is 4.39 Å². The van der Waals surface area contributed by atoms with Crippen LogP contribution in [0, 0.1) is 5.82 Å². The first kappa shape index (κ1) is 18.0. The molecule has 2 N–H and O–H groups in total. The third kappa shape index (κ3) is 2.65. The molecule has 0 aliphatic carbocycles. The van der Waals surface area contributed by atoms with Crippen LogP contribution in [0.4, 0.5) is 4.39 Å². The zero-order chi connectivity index (χ0) is 19.4. The third-order valence-corrected chi connectivity index (χ3v) is 5.57. The van der Waals surface area contributed by atoms with Crippen LogP contribution < -0.4 is 0 Å². The number of aliphatic hydroxyl groups excluding tert-OH is 1. The number of nitrogens with zero attached hydrogens (tertiary/aromatic N) is 1. The van der Waals surface area contributed by atoms with Crippen molar-refractivity contribution in [3.05, 3.63) is 59.5 Å². The maximum Gasteiger partial charge on any atom is 0.125 e. The van der Waals surface area contributed by atoms with E-state index < -0.39 is 5.60 Å². The molecule has 1 aliphatic heterocycles. The van der Waals surface area contributed by atoms with E-state index in [1.165, 1.54) is 12.1 Å². The smallest absolute Gasteiger partial charge is 0.125 e. The van der Waals surface area contributed by atoms with E-state index in [4.69, 9.17) is 4.74 Å². The molecule has 4 nitrogen and oxygen atoms in total. The molecule has 0 amide bonds. The number of hydrogen-bond donors (Lipinski definition) is 2. The van der Waals surface area contributed by atoms with Crippen LogP contribution in [0.2, 0.25) is 0 Å². The van der Waals surface area contributed by atoms with E-state index in [2.05, 4.69) is 18.4 Å². The molecule has 2 aromatic carbocycles. The van der Waals surface area contributed by atoms with Gasteiger partial charge in [0.15, 0.2) is 0 Å². The minimum absolute atomic E-state index is 0.0206. The predicted octanol–water partition coefficient (Wildman–Crippen LogP) is 4.38. The molecule has 0 radical (unpaired) electrons. The second-order valence-corrected chi connectivity index (χ2v) is 8.08. The average molecular weight is 369 g/mol. The molecular weight excluding hydrogens is 345 g/mol. The summed E-state index contributed by atoms with van der Waals surface area (Å²) in [5.74, 6) is -0.116. The van der Waals surface area contributed by atoms with Gasteiger partial charge in [0.05, 0.1) is 17.7 Å². The van der Waals surface area contributed by atoms with E-state index in [0.29, 0.717) is 13.0 Å². The molecule has 3 aromatic rings. The second kappa shape index (κ2) is 6.08. The molecule has 0 saturated heterocycles. The summed E-state index contributed by atoms with van der Waals surface area (Å²) in [7, 11) is 0. The number of halogens is 1. The highest BCUT2D eigenvalue weighted by atomic mass is 19.1. The van der Waals surface area contributed by atoms with Gasteiger partial charge in [-0.05, 0) is 43.3 Å². The summed E-state index contributed by atoms with van der Waals surface area (Å²) < 4.78 is 21.8. The largest absolute Gasteiger partial charge is 0.507 e. The molecule has 4 rings (SSSR count). The van der Waals surface area contributed by atoms with Crippen LogP contribution in [-0.2, 0) is 15.8 Å². The normalized spacial score (nSPS) is 21.4. The molecule has 5 heteroatoms. The van der Waals surface area contributed by atoms with E-state index in [0.717, 1.165) is 27.8 Å². The lowest BCUT2D eigenvalue weighted by molar-refractivity contribution is -0.0837. The molecule has 2 heterocycles. The van der Waals surface area contributed by atoms with Crippen LogP contribution in [0.3, 0.4) is 0 Å². The summed E-state index contributed by atoms with van der Waals surface area (Å²) in [4.78, 5) is 0. The molecule has 1 aromatic heterocycles. The van der Waals surface area contributed by atoms with Crippen molar-refractivity contribution in [2.45, 2.75) is 38.2 Å². The van der Waals surface area contributed by atoms with Crippen molar-refractivity contribution in [3.63, 3.8) is 0 Å². The summed E-state index contributed by atoms with van der Waals surface area (Å²) >= 11 is 0. The summed E-state index contributed by atoms with van der Waals surface area (Å²) in [5, 5.41) is 21.1. The molecule has 0 spiro atoms. The molecule has 0 saturated carbocycles. The SMILES string of the molecule is CC1(C)CO[C@](C)(CCO)c2c1n(-c1ccc(F)cc1)c1cccc(O)c21. The number of aromatic nitrogens is 1. The minimum Gasteiger partial charge on any atom is -0.507 e. The Morgan fingerprint density at radius 2 is 1.81 bits per heavy atom. The van der Waals surface area contributed by atoms with E-state index in [-0.39, 0.29) is 23.6 Å². The first-order chi connectivity index (χ1) is 12.8. The van der Waals surface area contributed by atoms with Crippen molar-refractivity contribution in [2.75, 3.05) is 13.2 Å². The molecule has 27 heavy (non-hydrogen) atoms. The lowest BCUT2D eigenvalue weighted by atomic mass is 9.77.